The number of imide groups is 1. The number of methoxy groups -OCH3 is 1. The molecule has 2 aromatic rings. The lowest BCUT2D eigenvalue weighted by Crippen LogP contribution is -2.27. The summed E-state index contributed by atoms with van der Waals surface area (Å²) >= 11 is 0.983. The minimum absolute atomic E-state index is 0.164. The van der Waals surface area contributed by atoms with Gasteiger partial charge in [-0.15, -0.1) is 0 Å². The van der Waals surface area contributed by atoms with Crippen LogP contribution in [0.15, 0.2) is 41.3 Å². The van der Waals surface area contributed by atoms with Crippen molar-refractivity contribution in [1.29, 1.82) is 0 Å². The predicted molar refractivity (Wildman–Crippen MR) is 108 cm³/mol. The zero-order valence-electron chi connectivity index (χ0n) is 15.7. The summed E-state index contributed by atoms with van der Waals surface area (Å²) in [6.45, 7) is 3.67. The molecule has 9 heteroatoms. The van der Waals surface area contributed by atoms with Gasteiger partial charge < -0.3 is 4.74 Å². The molecule has 3 rings (SSSR count). The fraction of sp³-hybridized carbons (Fsp3) is 0.263. The van der Waals surface area contributed by atoms with Gasteiger partial charge in [0.25, 0.3) is 15.3 Å². The molecule has 0 spiro atoms. The van der Waals surface area contributed by atoms with Gasteiger partial charge in [0.2, 0.25) is 5.91 Å². The van der Waals surface area contributed by atoms with Gasteiger partial charge >= 0.3 is 0 Å². The number of amides is 2. The first kappa shape index (κ1) is 20.2. The van der Waals surface area contributed by atoms with Gasteiger partial charge in [-0.2, -0.15) is 0 Å². The molecule has 0 aliphatic carbocycles. The van der Waals surface area contributed by atoms with Crippen LogP contribution in [0.3, 0.4) is 0 Å². The standard InChI is InChI=1S/C19H20N2O5S2/c1-12-9-17(13(2)8-16(12)26-3)28(24,25)20-15-6-4-14(5-7-15)10-21-18(22)11-27-19(21)23/h4-9,20H,10-11H2,1-3H3. The molecule has 1 aliphatic rings. The molecule has 1 N–H and O–H groups in total. The summed E-state index contributed by atoms with van der Waals surface area (Å²) in [5.74, 6) is 0.576. The number of benzene rings is 2. The Morgan fingerprint density at radius 2 is 1.79 bits per heavy atom. The summed E-state index contributed by atoms with van der Waals surface area (Å²) in [6, 6.07) is 9.86. The molecule has 7 nitrogen and oxygen atoms in total. The van der Waals surface area contributed by atoms with Gasteiger partial charge in [0, 0.05) is 5.69 Å². The molecule has 0 saturated carbocycles. The number of sulfonamides is 1. The third-order valence-corrected chi connectivity index (χ3v) is 6.75. The number of nitrogens with zero attached hydrogens (tertiary/aromatic N) is 1. The number of aryl methyl sites for hydroxylation is 2. The minimum atomic E-state index is -3.77. The molecule has 0 bridgehead atoms. The molecule has 2 amide bonds. The molecule has 0 aromatic heterocycles. The normalized spacial score (nSPS) is 14.5. The van der Waals surface area contributed by atoms with E-state index < -0.39 is 10.0 Å². The lowest BCUT2D eigenvalue weighted by Gasteiger charge is -2.15. The van der Waals surface area contributed by atoms with Crippen molar-refractivity contribution in [3.8, 4) is 5.75 Å². The van der Waals surface area contributed by atoms with E-state index in [1.807, 2.05) is 0 Å². The third-order valence-electron chi connectivity index (χ3n) is 4.37. The number of ether oxygens (including phenoxy) is 1. The summed E-state index contributed by atoms with van der Waals surface area (Å²) in [7, 11) is -2.23. The molecule has 148 valence electrons. The van der Waals surface area contributed by atoms with Crippen LogP contribution >= 0.6 is 11.8 Å². The van der Waals surface area contributed by atoms with E-state index in [2.05, 4.69) is 4.72 Å². The maximum atomic E-state index is 12.8. The Morgan fingerprint density at radius 1 is 1.11 bits per heavy atom. The average Bonchev–Trinajstić information content (AvgIpc) is 2.96. The van der Waals surface area contributed by atoms with E-state index in [9.17, 15) is 18.0 Å². The molecular weight excluding hydrogens is 400 g/mol. The van der Waals surface area contributed by atoms with Crippen molar-refractivity contribution in [3.05, 3.63) is 53.1 Å². The first-order chi connectivity index (χ1) is 13.2. The molecule has 0 radical (unpaired) electrons. The van der Waals surface area contributed by atoms with Crippen LogP contribution in [-0.4, -0.2) is 37.3 Å². The molecule has 1 aliphatic heterocycles. The highest BCUT2D eigenvalue weighted by Crippen LogP contribution is 2.27. The Morgan fingerprint density at radius 3 is 2.36 bits per heavy atom. The number of rotatable bonds is 6. The highest BCUT2D eigenvalue weighted by molar-refractivity contribution is 8.14. The summed E-state index contributed by atoms with van der Waals surface area (Å²) in [6.07, 6.45) is 0. The van der Waals surface area contributed by atoms with E-state index in [0.29, 0.717) is 17.0 Å². The summed E-state index contributed by atoms with van der Waals surface area (Å²) < 4.78 is 33.3. The number of nitrogens with one attached hydrogen (secondary N) is 1. The van der Waals surface area contributed by atoms with Crippen LogP contribution in [0.1, 0.15) is 16.7 Å². The fourth-order valence-corrected chi connectivity index (χ4v) is 4.97. The Balaban J connectivity index is 1.77. The van der Waals surface area contributed by atoms with Gasteiger partial charge in [-0.25, -0.2) is 8.42 Å². The van der Waals surface area contributed by atoms with E-state index in [1.54, 1.807) is 50.2 Å². The van der Waals surface area contributed by atoms with Crippen LogP contribution in [0.4, 0.5) is 10.5 Å². The second kappa shape index (κ2) is 7.84. The smallest absolute Gasteiger partial charge is 0.289 e. The SMILES string of the molecule is COc1cc(C)c(S(=O)(=O)Nc2ccc(CN3C(=O)CSC3=O)cc2)cc1C. The number of thioether (sulfide) groups is 1. The number of hydrogen-bond donors (Lipinski definition) is 1. The van der Waals surface area contributed by atoms with Crippen molar-refractivity contribution in [1.82, 2.24) is 4.90 Å². The Labute approximate surface area is 168 Å². The lowest BCUT2D eigenvalue weighted by molar-refractivity contribution is -0.125. The fourth-order valence-electron chi connectivity index (χ4n) is 2.88. The van der Waals surface area contributed by atoms with Gasteiger partial charge in [-0.05, 0) is 54.8 Å². The first-order valence-electron chi connectivity index (χ1n) is 8.45. The van der Waals surface area contributed by atoms with Gasteiger partial charge in [-0.1, -0.05) is 23.9 Å². The van der Waals surface area contributed by atoms with Gasteiger partial charge in [0.1, 0.15) is 5.75 Å². The number of hydrogen-bond acceptors (Lipinski definition) is 6. The summed E-state index contributed by atoms with van der Waals surface area (Å²) in [5.41, 5.74) is 2.44. The van der Waals surface area contributed by atoms with Gasteiger partial charge in [0.15, 0.2) is 0 Å². The van der Waals surface area contributed by atoms with E-state index in [-0.39, 0.29) is 28.3 Å². The Bertz CT molecular complexity index is 1020. The number of carbonyl (C=O) groups excluding carboxylic acids is 2. The largest absolute Gasteiger partial charge is 0.496 e. The quantitative estimate of drug-likeness (QED) is 0.771. The molecule has 1 heterocycles. The van der Waals surface area contributed by atoms with E-state index in [4.69, 9.17) is 4.74 Å². The molecular formula is C19H20N2O5S2. The van der Waals surface area contributed by atoms with Crippen molar-refractivity contribution in [2.45, 2.75) is 25.3 Å². The summed E-state index contributed by atoms with van der Waals surface area (Å²) in [5, 5.41) is -0.264. The van der Waals surface area contributed by atoms with Crippen LogP contribution in [0.2, 0.25) is 0 Å². The molecule has 0 atom stereocenters. The zero-order valence-corrected chi connectivity index (χ0v) is 17.3. The topological polar surface area (TPSA) is 92.8 Å². The highest BCUT2D eigenvalue weighted by Gasteiger charge is 2.29. The van der Waals surface area contributed by atoms with Crippen LogP contribution in [0.25, 0.3) is 0 Å². The number of anilines is 1. The van der Waals surface area contributed by atoms with Gasteiger partial charge in [-0.3, -0.25) is 19.2 Å². The Hall–Kier alpha value is -2.52. The maximum Gasteiger partial charge on any atom is 0.289 e. The van der Waals surface area contributed by atoms with E-state index >= 15 is 0 Å². The van der Waals surface area contributed by atoms with Crippen LogP contribution in [0.5, 0.6) is 5.75 Å². The molecule has 0 unspecified atom stereocenters. The minimum Gasteiger partial charge on any atom is -0.496 e. The van der Waals surface area contributed by atoms with E-state index in [1.165, 1.54) is 12.0 Å². The van der Waals surface area contributed by atoms with Crippen molar-refractivity contribution in [2.75, 3.05) is 17.6 Å². The molecule has 28 heavy (non-hydrogen) atoms. The monoisotopic (exact) mass is 420 g/mol. The van der Waals surface area contributed by atoms with Crippen LogP contribution in [-0.2, 0) is 21.4 Å². The van der Waals surface area contributed by atoms with Crippen LogP contribution < -0.4 is 9.46 Å². The second-order valence-corrected chi connectivity index (χ2v) is 9.00. The first-order valence-corrected chi connectivity index (χ1v) is 10.9. The number of carbonyl (C=O) groups is 2. The maximum absolute atomic E-state index is 12.8. The third kappa shape index (κ3) is 4.15. The van der Waals surface area contributed by atoms with E-state index in [0.717, 1.165) is 22.9 Å². The van der Waals surface area contributed by atoms with Crippen molar-refractivity contribution in [2.24, 2.45) is 0 Å². The lowest BCUT2D eigenvalue weighted by atomic mass is 10.1. The predicted octanol–water partition coefficient (Wildman–Crippen LogP) is 3.31. The van der Waals surface area contributed by atoms with Crippen molar-refractivity contribution in [3.63, 3.8) is 0 Å². The molecule has 1 saturated heterocycles. The average molecular weight is 421 g/mol. The highest BCUT2D eigenvalue weighted by atomic mass is 32.2. The second-order valence-electron chi connectivity index (χ2n) is 6.42. The van der Waals surface area contributed by atoms with Gasteiger partial charge in [0.05, 0.1) is 24.3 Å². The molecule has 2 aromatic carbocycles. The van der Waals surface area contributed by atoms with Crippen molar-refractivity contribution < 1.29 is 22.7 Å². The zero-order chi connectivity index (χ0) is 20.5. The van der Waals surface area contributed by atoms with Crippen LogP contribution in [0, 0.1) is 13.8 Å². The van der Waals surface area contributed by atoms with Crippen molar-refractivity contribution >= 4 is 38.6 Å². The Kier molecular flexibility index (Phi) is 5.66. The summed E-state index contributed by atoms with van der Waals surface area (Å²) in [4.78, 5) is 24.7. The molecule has 1 fully saturated rings.